The number of benzene rings is 2. The number of ether oxygens (including phenoxy) is 2. The van der Waals surface area contributed by atoms with Crippen LogP contribution >= 0.6 is 0 Å². The summed E-state index contributed by atoms with van der Waals surface area (Å²) in [6.45, 7) is 0. The van der Waals surface area contributed by atoms with E-state index < -0.39 is 0 Å². The van der Waals surface area contributed by atoms with Gasteiger partial charge < -0.3 is 9.47 Å². The van der Waals surface area contributed by atoms with Gasteiger partial charge in [0.1, 0.15) is 11.5 Å². The highest BCUT2D eigenvalue weighted by atomic mass is 16.5. The van der Waals surface area contributed by atoms with Crippen molar-refractivity contribution in [2.75, 3.05) is 14.2 Å². The molecule has 0 N–H and O–H groups in total. The van der Waals surface area contributed by atoms with Crippen LogP contribution in [0.4, 0.5) is 0 Å². The Morgan fingerprint density at radius 1 is 0.722 bits per heavy atom. The average molecular weight is 238 g/mol. The number of methoxy groups -OCH3 is 2. The predicted molar refractivity (Wildman–Crippen MR) is 72.0 cm³/mol. The van der Waals surface area contributed by atoms with Crippen molar-refractivity contribution in [2.45, 2.75) is 0 Å². The monoisotopic (exact) mass is 238 g/mol. The lowest BCUT2D eigenvalue weighted by Crippen LogP contribution is -1.83. The normalized spacial score (nSPS) is 9.22. The average Bonchev–Trinajstić information content (AvgIpc) is 2.46. The number of hydrogen-bond acceptors (Lipinski definition) is 2. The zero-order chi connectivity index (χ0) is 12.8. The van der Waals surface area contributed by atoms with Crippen LogP contribution in [-0.2, 0) is 0 Å². The third-order valence-electron chi connectivity index (χ3n) is 2.51. The molecule has 0 saturated carbocycles. The summed E-state index contributed by atoms with van der Waals surface area (Å²) in [6.07, 6.45) is 0. The smallest absolute Gasteiger partial charge is 0.120 e. The molecule has 0 unspecified atom stereocenters. The summed E-state index contributed by atoms with van der Waals surface area (Å²) < 4.78 is 10.3. The molecule has 90 valence electrons. The Kier molecular flexibility index (Phi) is 3.88. The van der Waals surface area contributed by atoms with Gasteiger partial charge in [0.05, 0.1) is 14.2 Å². The second-order valence-electron chi connectivity index (χ2n) is 3.71. The van der Waals surface area contributed by atoms with E-state index in [1.165, 1.54) is 0 Å². The molecule has 0 aliphatic heterocycles. The summed E-state index contributed by atoms with van der Waals surface area (Å²) in [5.74, 6) is 7.86. The number of hydrogen-bond donors (Lipinski definition) is 0. The second-order valence-corrected chi connectivity index (χ2v) is 3.71. The molecule has 0 aromatic heterocycles. The van der Waals surface area contributed by atoms with Gasteiger partial charge in [0.2, 0.25) is 0 Å². The summed E-state index contributed by atoms with van der Waals surface area (Å²) in [5.41, 5.74) is 1.89. The zero-order valence-corrected chi connectivity index (χ0v) is 10.4. The minimum atomic E-state index is 0.816. The van der Waals surface area contributed by atoms with Crippen molar-refractivity contribution in [3.8, 4) is 23.3 Å². The molecule has 18 heavy (non-hydrogen) atoms. The maximum absolute atomic E-state index is 5.15. The van der Waals surface area contributed by atoms with Crippen molar-refractivity contribution >= 4 is 0 Å². The van der Waals surface area contributed by atoms with Crippen LogP contribution in [0.1, 0.15) is 11.1 Å². The van der Waals surface area contributed by atoms with Crippen LogP contribution < -0.4 is 9.47 Å². The molecule has 0 bridgehead atoms. The van der Waals surface area contributed by atoms with Gasteiger partial charge in [-0.1, -0.05) is 17.9 Å². The van der Waals surface area contributed by atoms with Crippen molar-refractivity contribution in [2.24, 2.45) is 0 Å². The molecule has 0 radical (unpaired) electrons. The Morgan fingerprint density at radius 3 is 2.06 bits per heavy atom. The van der Waals surface area contributed by atoms with E-state index >= 15 is 0 Å². The lowest BCUT2D eigenvalue weighted by molar-refractivity contribution is 0.414. The highest BCUT2D eigenvalue weighted by Crippen LogP contribution is 2.12. The molecule has 0 amide bonds. The SMILES string of the molecule is COc1ccc(C#Cc2cccc(OC)c2)cc1. The molecule has 2 aromatic rings. The molecule has 0 fully saturated rings. The highest BCUT2D eigenvalue weighted by molar-refractivity contribution is 5.46. The van der Waals surface area contributed by atoms with Gasteiger partial charge in [0, 0.05) is 11.1 Å². The molecular weight excluding hydrogens is 224 g/mol. The topological polar surface area (TPSA) is 18.5 Å². The Morgan fingerprint density at radius 2 is 1.39 bits per heavy atom. The molecule has 2 heteroatoms. The Balaban J connectivity index is 2.19. The van der Waals surface area contributed by atoms with Crippen molar-refractivity contribution in [3.63, 3.8) is 0 Å². The first kappa shape index (κ1) is 12.1. The van der Waals surface area contributed by atoms with Crippen LogP contribution in [0.15, 0.2) is 48.5 Å². The largest absolute Gasteiger partial charge is 0.497 e. The fraction of sp³-hybridized carbons (Fsp3) is 0.125. The summed E-state index contributed by atoms with van der Waals surface area (Å²) in [5, 5.41) is 0. The second kappa shape index (κ2) is 5.79. The van der Waals surface area contributed by atoms with Crippen LogP contribution in [-0.4, -0.2) is 14.2 Å². The quantitative estimate of drug-likeness (QED) is 0.748. The van der Waals surface area contributed by atoms with Crippen LogP contribution in [0.3, 0.4) is 0 Å². The van der Waals surface area contributed by atoms with E-state index in [-0.39, 0.29) is 0 Å². The maximum atomic E-state index is 5.15. The van der Waals surface area contributed by atoms with Crippen molar-refractivity contribution in [1.29, 1.82) is 0 Å². The van der Waals surface area contributed by atoms with Crippen molar-refractivity contribution in [1.82, 2.24) is 0 Å². The standard InChI is InChI=1S/C16H14O2/c1-17-15-10-8-13(9-11-15)6-7-14-4-3-5-16(12-14)18-2/h3-5,8-12H,1-2H3. The number of rotatable bonds is 2. The van der Waals surface area contributed by atoms with E-state index in [4.69, 9.17) is 9.47 Å². The molecule has 0 aliphatic rings. The molecule has 0 spiro atoms. The van der Waals surface area contributed by atoms with Gasteiger partial charge in [-0.2, -0.15) is 0 Å². The molecule has 2 aromatic carbocycles. The van der Waals surface area contributed by atoms with Crippen LogP contribution in [0, 0.1) is 11.8 Å². The first-order valence-corrected chi connectivity index (χ1v) is 5.62. The van der Waals surface area contributed by atoms with Crippen molar-refractivity contribution in [3.05, 3.63) is 59.7 Å². The van der Waals surface area contributed by atoms with Crippen LogP contribution in [0.25, 0.3) is 0 Å². The van der Waals surface area contributed by atoms with Gasteiger partial charge in [-0.05, 0) is 42.5 Å². The Hall–Kier alpha value is -2.40. The minimum Gasteiger partial charge on any atom is -0.497 e. The Labute approximate surface area is 107 Å². The van der Waals surface area contributed by atoms with Crippen LogP contribution in [0.2, 0.25) is 0 Å². The summed E-state index contributed by atoms with van der Waals surface area (Å²) in [6, 6.07) is 15.4. The van der Waals surface area contributed by atoms with E-state index in [9.17, 15) is 0 Å². The molecular formula is C16H14O2. The predicted octanol–water partition coefficient (Wildman–Crippen LogP) is 3.10. The molecule has 0 aliphatic carbocycles. The van der Waals surface area contributed by atoms with Gasteiger partial charge in [0.25, 0.3) is 0 Å². The van der Waals surface area contributed by atoms with E-state index in [1.807, 2.05) is 48.5 Å². The third-order valence-corrected chi connectivity index (χ3v) is 2.51. The third kappa shape index (κ3) is 3.05. The Bertz CT molecular complexity index is 574. The van der Waals surface area contributed by atoms with Gasteiger partial charge >= 0.3 is 0 Å². The van der Waals surface area contributed by atoms with Crippen molar-refractivity contribution < 1.29 is 9.47 Å². The fourth-order valence-electron chi connectivity index (χ4n) is 1.52. The van der Waals surface area contributed by atoms with E-state index in [1.54, 1.807) is 14.2 Å². The molecule has 2 rings (SSSR count). The van der Waals surface area contributed by atoms with Gasteiger partial charge in [-0.15, -0.1) is 0 Å². The van der Waals surface area contributed by atoms with E-state index in [0.29, 0.717) is 0 Å². The maximum Gasteiger partial charge on any atom is 0.120 e. The van der Waals surface area contributed by atoms with Gasteiger partial charge in [0.15, 0.2) is 0 Å². The van der Waals surface area contributed by atoms with E-state index in [0.717, 1.165) is 22.6 Å². The lowest BCUT2D eigenvalue weighted by atomic mass is 10.2. The molecule has 0 saturated heterocycles. The first-order valence-electron chi connectivity index (χ1n) is 5.62. The highest BCUT2D eigenvalue weighted by Gasteiger charge is 1.92. The lowest BCUT2D eigenvalue weighted by Gasteiger charge is -1.99. The first-order chi connectivity index (χ1) is 8.81. The summed E-state index contributed by atoms with van der Waals surface area (Å²) in [7, 11) is 3.30. The minimum absolute atomic E-state index is 0.816. The molecule has 0 atom stereocenters. The van der Waals surface area contributed by atoms with E-state index in [2.05, 4.69) is 11.8 Å². The fourth-order valence-corrected chi connectivity index (χ4v) is 1.52. The summed E-state index contributed by atoms with van der Waals surface area (Å²) >= 11 is 0. The molecule has 2 nitrogen and oxygen atoms in total. The molecule has 0 heterocycles. The van der Waals surface area contributed by atoms with Gasteiger partial charge in [-0.3, -0.25) is 0 Å². The van der Waals surface area contributed by atoms with Gasteiger partial charge in [-0.25, -0.2) is 0 Å². The zero-order valence-electron chi connectivity index (χ0n) is 10.4. The summed E-state index contributed by atoms with van der Waals surface area (Å²) in [4.78, 5) is 0. The van der Waals surface area contributed by atoms with Crippen LogP contribution in [0.5, 0.6) is 11.5 Å².